The number of carbonyl (C=O) groups excluding carboxylic acids is 1. The molecule has 148 valence electrons. The van der Waals surface area contributed by atoms with Crippen molar-refractivity contribution in [1.82, 2.24) is 0 Å². The zero-order valence-electron chi connectivity index (χ0n) is 17.7. The van der Waals surface area contributed by atoms with E-state index in [1.54, 1.807) is 0 Å². The van der Waals surface area contributed by atoms with Crippen LogP contribution < -0.4 is 0 Å². The van der Waals surface area contributed by atoms with E-state index in [4.69, 9.17) is 4.74 Å². The van der Waals surface area contributed by atoms with E-state index in [9.17, 15) is 9.90 Å². The standard InChI is InChI=1S/C22H36O3S/c1-20(2,3)16-13-15(14-17(19(16)24)21(4,5)6)9-10-18(23)25-12-11-22(7,8)26/h13-14,24,26H,9-12H2,1-8H3. The van der Waals surface area contributed by atoms with Crippen molar-refractivity contribution in [1.29, 1.82) is 0 Å². The van der Waals surface area contributed by atoms with E-state index in [1.807, 2.05) is 26.0 Å². The quantitative estimate of drug-likeness (QED) is 0.501. The van der Waals surface area contributed by atoms with Crippen molar-refractivity contribution in [2.45, 2.75) is 90.2 Å². The fourth-order valence-corrected chi connectivity index (χ4v) is 2.81. The summed E-state index contributed by atoms with van der Waals surface area (Å²) in [6.07, 6.45) is 1.67. The van der Waals surface area contributed by atoms with Crippen LogP contribution in [-0.4, -0.2) is 22.4 Å². The molecule has 0 spiro atoms. The average molecular weight is 381 g/mol. The number of hydrogen-bond donors (Lipinski definition) is 2. The molecule has 0 fully saturated rings. The molecular weight excluding hydrogens is 344 g/mol. The van der Waals surface area contributed by atoms with E-state index in [1.165, 1.54) is 0 Å². The average Bonchev–Trinajstić information content (AvgIpc) is 2.42. The second kappa shape index (κ2) is 8.24. The molecule has 1 aromatic carbocycles. The van der Waals surface area contributed by atoms with Crippen molar-refractivity contribution in [2.24, 2.45) is 0 Å². The van der Waals surface area contributed by atoms with E-state index in [0.717, 1.165) is 23.1 Å². The van der Waals surface area contributed by atoms with Gasteiger partial charge in [0.25, 0.3) is 0 Å². The number of benzene rings is 1. The first kappa shape index (κ1) is 22.9. The molecule has 0 aliphatic rings. The lowest BCUT2D eigenvalue weighted by Crippen LogP contribution is -2.18. The number of aromatic hydroxyl groups is 1. The molecule has 0 heterocycles. The van der Waals surface area contributed by atoms with Crippen LogP contribution in [0.2, 0.25) is 0 Å². The molecule has 26 heavy (non-hydrogen) atoms. The largest absolute Gasteiger partial charge is 0.507 e. The van der Waals surface area contributed by atoms with Crippen LogP contribution in [0.3, 0.4) is 0 Å². The highest BCUT2D eigenvalue weighted by molar-refractivity contribution is 7.81. The van der Waals surface area contributed by atoms with Gasteiger partial charge in [0.15, 0.2) is 0 Å². The number of rotatable bonds is 6. The number of aryl methyl sites for hydroxylation is 1. The Kier molecular flexibility index (Phi) is 7.25. The molecule has 4 heteroatoms. The van der Waals surface area contributed by atoms with Gasteiger partial charge in [0.1, 0.15) is 5.75 Å². The summed E-state index contributed by atoms with van der Waals surface area (Å²) in [4.78, 5) is 12.0. The molecule has 3 nitrogen and oxygen atoms in total. The molecule has 1 rings (SSSR count). The summed E-state index contributed by atoms with van der Waals surface area (Å²) in [6, 6.07) is 4.05. The Labute approximate surface area is 164 Å². The highest BCUT2D eigenvalue weighted by Gasteiger charge is 2.26. The van der Waals surface area contributed by atoms with Gasteiger partial charge in [-0.2, -0.15) is 12.6 Å². The number of carbonyl (C=O) groups is 1. The molecule has 1 aromatic rings. The van der Waals surface area contributed by atoms with E-state index >= 15 is 0 Å². The van der Waals surface area contributed by atoms with Crippen LogP contribution in [0, 0.1) is 0 Å². The van der Waals surface area contributed by atoms with Gasteiger partial charge in [-0.1, -0.05) is 67.5 Å². The van der Waals surface area contributed by atoms with Crippen LogP contribution >= 0.6 is 12.6 Å². The minimum absolute atomic E-state index is 0.138. The van der Waals surface area contributed by atoms with Gasteiger partial charge in [-0.25, -0.2) is 0 Å². The van der Waals surface area contributed by atoms with Crippen molar-refractivity contribution < 1.29 is 14.6 Å². The lowest BCUT2D eigenvalue weighted by molar-refractivity contribution is -0.143. The second-order valence-electron chi connectivity index (χ2n) is 9.82. The molecule has 0 aliphatic heterocycles. The van der Waals surface area contributed by atoms with Crippen molar-refractivity contribution in [3.63, 3.8) is 0 Å². The number of phenols is 1. The molecule has 0 amide bonds. The third-order valence-corrected chi connectivity index (χ3v) is 4.60. The van der Waals surface area contributed by atoms with Crippen molar-refractivity contribution in [3.8, 4) is 5.75 Å². The molecule has 0 unspecified atom stereocenters. The van der Waals surface area contributed by atoms with Gasteiger partial charge in [-0.3, -0.25) is 4.79 Å². The minimum atomic E-state index is -0.190. The number of esters is 1. The summed E-state index contributed by atoms with van der Waals surface area (Å²) < 4.78 is 5.18. The maximum absolute atomic E-state index is 12.0. The number of hydrogen-bond acceptors (Lipinski definition) is 4. The molecule has 0 saturated carbocycles. The van der Waals surface area contributed by atoms with Gasteiger partial charge in [-0.05, 0) is 40.4 Å². The fraction of sp³-hybridized carbons (Fsp3) is 0.682. The number of thiol groups is 1. The summed E-state index contributed by atoms with van der Waals surface area (Å²) in [5.41, 5.74) is 2.57. The minimum Gasteiger partial charge on any atom is -0.507 e. The Hall–Kier alpha value is -1.16. The monoisotopic (exact) mass is 380 g/mol. The number of phenolic OH excluding ortho intramolecular Hbond substituents is 1. The SMILES string of the molecule is CC(C)(S)CCOC(=O)CCc1cc(C(C)(C)C)c(O)c(C(C)(C)C)c1. The molecular formula is C22H36O3S. The summed E-state index contributed by atoms with van der Waals surface area (Å²) in [6.45, 7) is 16.9. The van der Waals surface area contributed by atoms with E-state index in [-0.39, 0.29) is 21.5 Å². The maximum Gasteiger partial charge on any atom is 0.306 e. The summed E-state index contributed by atoms with van der Waals surface area (Å²) in [5, 5.41) is 10.8. The summed E-state index contributed by atoms with van der Waals surface area (Å²) >= 11 is 4.44. The van der Waals surface area contributed by atoms with Crippen LogP contribution in [0.4, 0.5) is 0 Å². The Morgan fingerprint density at radius 2 is 1.46 bits per heavy atom. The maximum atomic E-state index is 12.0. The molecule has 0 atom stereocenters. The predicted octanol–water partition coefficient (Wildman–Crippen LogP) is 5.56. The van der Waals surface area contributed by atoms with Crippen LogP contribution in [0.25, 0.3) is 0 Å². The first-order valence-electron chi connectivity index (χ1n) is 9.36. The molecule has 0 saturated heterocycles. The fourth-order valence-electron chi connectivity index (χ4n) is 2.72. The van der Waals surface area contributed by atoms with Gasteiger partial charge in [0.05, 0.1) is 6.61 Å². The van der Waals surface area contributed by atoms with Crippen LogP contribution in [0.5, 0.6) is 5.75 Å². The predicted molar refractivity (Wildman–Crippen MR) is 112 cm³/mol. The summed E-state index contributed by atoms with van der Waals surface area (Å²) in [5.74, 6) is 0.178. The molecule has 0 aliphatic carbocycles. The molecule has 1 N–H and O–H groups in total. The lowest BCUT2D eigenvalue weighted by atomic mass is 9.78. The topological polar surface area (TPSA) is 46.5 Å². The third kappa shape index (κ3) is 7.22. The van der Waals surface area contributed by atoms with Gasteiger partial charge < -0.3 is 9.84 Å². The van der Waals surface area contributed by atoms with Crippen LogP contribution in [0.1, 0.15) is 84.9 Å². The van der Waals surface area contributed by atoms with Crippen LogP contribution in [-0.2, 0) is 26.8 Å². The second-order valence-corrected chi connectivity index (χ2v) is 11.0. The van der Waals surface area contributed by atoms with E-state index in [2.05, 4.69) is 54.2 Å². The Morgan fingerprint density at radius 3 is 1.85 bits per heavy atom. The van der Waals surface area contributed by atoms with E-state index < -0.39 is 0 Å². The van der Waals surface area contributed by atoms with Crippen LogP contribution in [0.15, 0.2) is 12.1 Å². The summed E-state index contributed by atoms with van der Waals surface area (Å²) in [7, 11) is 0. The number of ether oxygens (including phenoxy) is 1. The highest BCUT2D eigenvalue weighted by Crippen LogP contribution is 2.40. The first-order valence-corrected chi connectivity index (χ1v) is 9.81. The Morgan fingerprint density at radius 1 is 1.00 bits per heavy atom. The van der Waals surface area contributed by atoms with Gasteiger partial charge in [0.2, 0.25) is 0 Å². The lowest BCUT2D eigenvalue weighted by Gasteiger charge is -2.28. The third-order valence-electron chi connectivity index (χ3n) is 4.38. The molecule has 0 radical (unpaired) electrons. The van der Waals surface area contributed by atoms with E-state index in [0.29, 0.717) is 25.2 Å². The van der Waals surface area contributed by atoms with Crippen molar-refractivity contribution in [3.05, 3.63) is 28.8 Å². The highest BCUT2D eigenvalue weighted by atomic mass is 32.1. The molecule has 0 bridgehead atoms. The Bertz CT molecular complexity index is 593. The van der Waals surface area contributed by atoms with Gasteiger partial charge in [0, 0.05) is 11.2 Å². The normalized spacial score (nSPS) is 13.0. The Balaban J connectivity index is 2.91. The van der Waals surface area contributed by atoms with Crippen molar-refractivity contribution in [2.75, 3.05) is 6.61 Å². The smallest absolute Gasteiger partial charge is 0.306 e. The van der Waals surface area contributed by atoms with Gasteiger partial charge >= 0.3 is 5.97 Å². The van der Waals surface area contributed by atoms with Crippen molar-refractivity contribution >= 4 is 18.6 Å². The molecule has 0 aromatic heterocycles. The first-order chi connectivity index (χ1) is 11.6. The zero-order valence-corrected chi connectivity index (χ0v) is 18.6. The van der Waals surface area contributed by atoms with Gasteiger partial charge in [-0.15, -0.1) is 0 Å². The zero-order chi connectivity index (χ0) is 20.3.